The van der Waals surface area contributed by atoms with E-state index in [0.29, 0.717) is 12.8 Å². The van der Waals surface area contributed by atoms with Gasteiger partial charge in [-0.3, -0.25) is 4.79 Å². The molecular formula is C15H19F2NO2. The Morgan fingerprint density at radius 3 is 2.60 bits per heavy atom. The molecule has 20 heavy (non-hydrogen) atoms. The number of rotatable bonds is 3. The van der Waals surface area contributed by atoms with Crippen LogP contribution in [0.3, 0.4) is 0 Å². The third-order valence-electron chi connectivity index (χ3n) is 3.87. The molecule has 3 nitrogen and oxygen atoms in total. The second kappa shape index (κ2) is 5.87. The van der Waals surface area contributed by atoms with Crippen LogP contribution in [-0.4, -0.2) is 23.2 Å². The van der Waals surface area contributed by atoms with Gasteiger partial charge in [0.25, 0.3) is 5.91 Å². The summed E-state index contributed by atoms with van der Waals surface area (Å²) < 4.78 is 27.4. The number of carbonyl (C=O) groups excluding carboxylic acids is 1. The van der Waals surface area contributed by atoms with Crippen LogP contribution in [0.5, 0.6) is 0 Å². The molecular weight excluding hydrogens is 264 g/mol. The Morgan fingerprint density at radius 1 is 1.30 bits per heavy atom. The largest absolute Gasteiger partial charge is 0.388 e. The lowest BCUT2D eigenvalue weighted by Crippen LogP contribution is -2.44. The van der Waals surface area contributed by atoms with Gasteiger partial charge in [-0.05, 0) is 31.4 Å². The molecule has 1 aliphatic carbocycles. The van der Waals surface area contributed by atoms with Crippen molar-refractivity contribution in [2.45, 2.75) is 44.6 Å². The zero-order valence-corrected chi connectivity index (χ0v) is 11.5. The van der Waals surface area contributed by atoms with Crippen molar-refractivity contribution in [1.29, 1.82) is 0 Å². The Labute approximate surface area is 117 Å². The molecule has 0 saturated heterocycles. The predicted molar refractivity (Wildman–Crippen MR) is 71.5 cm³/mol. The third-order valence-corrected chi connectivity index (χ3v) is 3.87. The molecule has 0 radical (unpaired) electrons. The van der Waals surface area contributed by atoms with Crippen LogP contribution in [-0.2, 0) is 0 Å². The number of aliphatic hydroxyl groups is 1. The van der Waals surface area contributed by atoms with E-state index < -0.39 is 28.7 Å². The first-order chi connectivity index (χ1) is 9.43. The van der Waals surface area contributed by atoms with Gasteiger partial charge in [-0.15, -0.1) is 0 Å². The van der Waals surface area contributed by atoms with E-state index in [1.165, 1.54) is 13.0 Å². The molecule has 2 rings (SSSR count). The molecule has 0 bridgehead atoms. The molecule has 1 aliphatic rings. The fourth-order valence-electron chi connectivity index (χ4n) is 2.58. The lowest BCUT2D eigenvalue weighted by molar-refractivity contribution is 0.00517. The minimum atomic E-state index is -0.954. The summed E-state index contributed by atoms with van der Waals surface area (Å²) in [6, 6.07) is 2.36. The second-order valence-corrected chi connectivity index (χ2v) is 5.52. The second-order valence-electron chi connectivity index (χ2n) is 5.52. The Balaban J connectivity index is 2.07. The predicted octanol–water partition coefficient (Wildman–Crippen LogP) is 2.70. The van der Waals surface area contributed by atoms with E-state index >= 15 is 0 Å². The number of amides is 1. The molecule has 1 saturated carbocycles. The van der Waals surface area contributed by atoms with E-state index in [1.54, 1.807) is 0 Å². The van der Waals surface area contributed by atoms with Crippen molar-refractivity contribution in [1.82, 2.24) is 5.32 Å². The first kappa shape index (κ1) is 14.9. The molecule has 0 atom stereocenters. The molecule has 0 unspecified atom stereocenters. The maximum Gasteiger partial charge on any atom is 0.257 e. The van der Waals surface area contributed by atoms with Gasteiger partial charge >= 0.3 is 0 Å². The molecule has 1 aromatic carbocycles. The average molecular weight is 283 g/mol. The van der Waals surface area contributed by atoms with Crippen LogP contribution in [0.15, 0.2) is 12.1 Å². The fourth-order valence-corrected chi connectivity index (χ4v) is 2.58. The first-order valence-corrected chi connectivity index (χ1v) is 6.88. The molecule has 0 aromatic heterocycles. The SMILES string of the molecule is Cc1ccc(F)c(C(=O)NCC2(O)CCCCC2)c1F. The summed E-state index contributed by atoms with van der Waals surface area (Å²) in [5.41, 5.74) is -1.32. The number of halogens is 2. The normalized spacial score (nSPS) is 17.8. The minimum absolute atomic E-state index is 0.0264. The van der Waals surface area contributed by atoms with E-state index in [2.05, 4.69) is 5.32 Å². The molecule has 110 valence electrons. The highest BCUT2D eigenvalue weighted by molar-refractivity contribution is 5.95. The quantitative estimate of drug-likeness (QED) is 0.896. The zero-order valence-electron chi connectivity index (χ0n) is 11.5. The van der Waals surface area contributed by atoms with Crippen molar-refractivity contribution in [2.75, 3.05) is 6.54 Å². The molecule has 2 N–H and O–H groups in total. The molecule has 0 aliphatic heterocycles. The van der Waals surface area contributed by atoms with Crippen molar-refractivity contribution in [3.63, 3.8) is 0 Å². The summed E-state index contributed by atoms with van der Waals surface area (Å²) in [6.07, 6.45) is 4.08. The van der Waals surface area contributed by atoms with Gasteiger partial charge in [0.15, 0.2) is 0 Å². The van der Waals surface area contributed by atoms with E-state index in [4.69, 9.17) is 0 Å². The van der Waals surface area contributed by atoms with Crippen LogP contribution in [0, 0.1) is 18.6 Å². The Morgan fingerprint density at radius 2 is 1.95 bits per heavy atom. The summed E-state index contributed by atoms with van der Waals surface area (Å²) in [5.74, 6) is -2.55. The summed E-state index contributed by atoms with van der Waals surface area (Å²) in [4.78, 5) is 11.9. The van der Waals surface area contributed by atoms with Gasteiger partial charge in [-0.2, -0.15) is 0 Å². The van der Waals surface area contributed by atoms with Crippen molar-refractivity contribution >= 4 is 5.91 Å². The van der Waals surface area contributed by atoms with E-state index in [0.717, 1.165) is 25.3 Å². The molecule has 0 heterocycles. The van der Waals surface area contributed by atoms with Crippen molar-refractivity contribution in [2.24, 2.45) is 0 Å². The van der Waals surface area contributed by atoms with Gasteiger partial charge in [0.1, 0.15) is 17.2 Å². The maximum atomic E-state index is 13.8. The summed E-state index contributed by atoms with van der Waals surface area (Å²) in [7, 11) is 0. The van der Waals surface area contributed by atoms with Gasteiger partial charge in [-0.25, -0.2) is 8.78 Å². The summed E-state index contributed by atoms with van der Waals surface area (Å²) >= 11 is 0. The minimum Gasteiger partial charge on any atom is -0.388 e. The zero-order chi connectivity index (χ0) is 14.8. The first-order valence-electron chi connectivity index (χ1n) is 6.88. The molecule has 5 heteroatoms. The van der Waals surface area contributed by atoms with Gasteiger partial charge in [0.2, 0.25) is 0 Å². The van der Waals surface area contributed by atoms with Gasteiger partial charge < -0.3 is 10.4 Å². The number of nitrogens with one attached hydrogen (secondary N) is 1. The molecule has 1 aromatic rings. The monoisotopic (exact) mass is 283 g/mol. The maximum absolute atomic E-state index is 13.8. The Kier molecular flexibility index (Phi) is 4.38. The number of benzene rings is 1. The summed E-state index contributed by atoms with van der Waals surface area (Å²) in [6.45, 7) is 1.50. The Hall–Kier alpha value is -1.49. The highest BCUT2D eigenvalue weighted by atomic mass is 19.1. The average Bonchev–Trinajstić information content (AvgIpc) is 2.42. The number of carbonyl (C=O) groups is 1. The van der Waals surface area contributed by atoms with Gasteiger partial charge in [0, 0.05) is 6.54 Å². The topological polar surface area (TPSA) is 49.3 Å². The fraction of sp³-hybridized carbons (Fsp3) is 0.533. The van der Waals surface area contributed by atoms with Crippen LogP contribution < -0.4 is 5.32 Å². The van der Waals surface area contributed by atoms with Gasteiger partial charge in [0.05, 0.1) is 5.60 Å². The highest BCUT2D eigenvalue weighted by Crippen LogP contribution is 2.27. The smallest absolute Gasteiger partial charge is 0.257 e. The highest BCUT2D eigenvalue weighted by Gasteiger charge is 2.30. The molecule has 1 amide bonds. The Bertz CT molecular complexity index is 511. The van der Waals surface area contributed by atoms with Crippen LogP contribution in [0.25, 0.3) is 0 Å². The molecule has 1 fully saturated rings. The van der Waals surface area contributed by atoms with Crippen molar-refractivity contribution in [3.05, 3.63) is 34.9 Å². The van der Waals surface area contributed by atoms with Crippen LogP contribution in [0.1, 0.15) is 48.0 Å². The lowest BCUT2D eigenvalue weighted by Gasteiger charge is -2.32. The standard InChI is InChI=1S/C15H19F2NO2/c1-10-5-6-11(16)12(13(10)17)14(19)18-9-15(20)7-3-2-4-8-15/h5-6,20H,2-4,7-9H2,1H3,(H,18,19). The third kappa shape index (κ3) is 3.15. The van der Waals surface area contributed by atoms with Crippen LogP contribution in [0.4, 0.5) is 8.78 Å². The number of hydrogen-bond acceptors (Lipinski definition) is 2. The molecule has 0 spiro atoms. The number of aryl methyl sites for hydroxylation is 1. The van der Waals surface area contributed by atoms with Crippen molar-refractivity contribution < 1.29 is 18.7 Å². The lowest BCUT2D eigenvalue weighted by atomic mass is 9.85. The van der Waals surface area contributed by atoms with E-state index in [9.17, 15) is 18.7 Å². The van der Waals surface area contributed by atoms with E-state index in [-0.39, 0.29) is 12.1 Å². The van der Waals surface area contributed by atoms with Crippen LogP contribution >= 0.6 is 0 Å². The van der Waals surface area contributed by atoms with Gasteiger partial charge in [-0.1, -0.05) is 25.3 Å². The number of hydrogen-bond donors (Lipinski definition) is 2. The van der Waals surface area contributed by atoms with Crippen molar-refractivity contribution in [3.8, 4) is 0 Å². The van der Waals surface area contributed by atoms with E-state index in [1.807, 2.05) is 0 Å². The van der Waals surface area contributed by atoms with Crippen LogP contribution in [0.2, 0.25) is 0 Å². The summed E-state index contributed by atoms with van der Waals surface area (Å²) in [5, 5.41) is 12.7.